The number of hydrogen-bond acceptors (Lipinski definition) is 4. The first-order valence-electron chi connectivity index (χ1n) is 5.55. The molecule has 6 heteroatoms. The molecule has 0 saturated heterocycles. The minimum Gasteiger partial charge on any atom is -0.495 e. The molecule has 100 valence electrons. The average Bonchev–Trinajstić information content (AvgIpc) is 2.42. The summed E-state index contributed by atoms with van der Waals surface area (Å²) in [6.07, 6.45) is 3.43. The van der Waals surface area contributed by atoms with E-state index in [1.54, 1.807) is 19.5 Å². The van der Waals surface area contributed by atoms with Gasteiger partial charge in [-0.2, -0.15) is 0 Å². The van der Waals surface area contributed by atoms with Gasteiger partial charge in [-0.05, 0) is 29.3 Å². The van der Waals surface area contributed by atoms with Gasteiger partial charge in [0.05, 0.1) is 19.3 Å². The van der Waals surface area contributed by atoms with Gasteiger partial charge in [-0.3, -0.25) is 10.8 Å². The predicted octanol–water partition coefficient (Wildman–Crippen LogP) is 3.17. The number of methoxy groups -OCH3 is 1. The normalized spacial score (nSPS) is 12.2. The van der Waals surface area contributed by atoms with Gasteiger partial charge in [-0.25, -0.2) is 5.43 Å². The predicted molar refractivity (Wildman–Crippen MR) is 81.8 cm³/mol. The van der Waals surface area contributed by atoms with Crippen LogP contribution in [0.4, 0.5) is 0 Å². The number of aromatic nitrogens is 1. The van der Waals surface area contributed by atoms with Crippen LogP contribution in [0, 0.1) is 0 Å². The first kappa shape index (κ1) is 14.5. The highest BCUT2D eigenvalue weighted by atomic mass is 79.9. The third-order valence-electron chi connectivity index (χ3n) is 2.74. The van der Waals surface area contributed by atoms with Crippen molar-refractivity contribution in [2.24, 2.45) is 5.84 Å². The Morgan fingerprint density at radius 2 is 2.05 bits per heavy atom. The van der Waals surface area contributed by atoms with Crippen molar-refractivity contribution >= 4 is 31.9 Å². The fraction of sp³-hybridized carbons (Fsp3) is 0.154. The van der Waals surface area contributed by atoms with E-state index in [0.29, 0.717) is 5.75 Å². The molecule has 0 fully saturated rings. The Bertz CT molecular complexity index is 578. The van der Waals surface area contributed by atoms with Crippen LogP contribution in [0.3, 0.4) is 0 Å². The standard InChI is InChI=1S/C13H13Br2N3O/c1-19-10-4-8(6-17-7-10)13(18-16)11-3-2-9(14)5-12(11)15/h2-7,13,18H,16H2,1H3. The molecule has 2 rings (SSSR count). The Labute approximate surface area is 128 Å². The Morgan fingerprint density at radius 3 is 2.68 bits per heavy atom. The highest BCUT2D eigenvalue weighted by molar-refractivity contribution is 9.11. The maximum absolute atomic E-state index is 5.68. The molecule has 0 radical (unpaired) electrons. The SMILES string of the molecule is COc1cncc(C(NN)c2ccc(Br)cc2Br)c1. The van der Waals surface area contributed by atoms with Crippen molar-refractivity contribution in [2.75, 3.05) is 7.11 Å². The van der Waals surface area contributed by atoms with Gasteiger partial charge in [0.15, 0.2) is 0 Å². The summed E-state index contributed by atoms with van der Waals surface area (Å²) >= 11 is 6.98. The second kappa shape index (κ2) is 6.47. The zero-order valence-electron chi connectivity index (χ0n) is 10.2. The van der Waals surface area contributed by atoms with E-state index >= 15 is 0 Å². The van der Waals surface area contributed by atoms with Crippen molar-refractivity contribution in [1.82, 2.24) is 10.4 Å². The van der Waals surface area contributed by atoms with Crippen LogP contribution in [0.25, 0.3) is 0 Å². The molecule has 0 bridgehead atoms. The lowest BCUT2D eigenvalue weighted by molar-refractivity contribution is 0.411. The van der Waals surface area contributed by atoms with Crippen molar-refractivity contribution in [3.63, 3.8) is 0 Å². The quantitative estimate of drug-likeness (QED) is 0.625. The fourth-order valence-electron chi connectivity index (χ4n) is 1.81. The Morgan fingerprint density at radius 1 is 1.26 bits per heavy atom. The van der Waals surface area contributed by atoms with Crippen LogP contribution in [0.5, 0.6) is 5.75 Å². The lowest BCUT2D eigenvalue weighted by atomic mass is 10.0. The van der Waals surface area contributed by atoms with Crippen molar-refractivity contribution in [2.45, 2.75) is 6.04 Å². The first-order chi connectivity index (χ1) is 9.15. The van der Waals surface area contributed by atoms with E-state index < -0.39 is 0 Å². The second-order valence-corrected chi connectivity index (χ2v) is 5.69. The van der Waals surface area contributed by atoms with Crippen molar-refractivity contribution in [1.29, 1.82) is 0 Å². The second-order valence-electron chi connectivity index (χ2n) is 3.92. The van der Waals surface area contributed by atoms with Gasteiger partial charge < -0.3 is 4.74 Å². The topological polar surface area (TPSA) is 60.2 Å². The number of hydrogen-bond donors (Lipinski definition) is 2. The van der Waals surface area contributed by atoms with Crippen LogP contribution < -0.4 is 16.0 Å². The molecule has 0 aliphatic rings. The maximum Gasteiger partial charge on any atom is 0.137 e. The molecule has 0 saturated carbocycles. The van der Waals surface area contributed by atoms with Gasteiger partial charge in [-0.1, -0.05) is 37.9 Å². The summed E-state index contributed by atoms with van der Waals surface area (Å²) in [4.78, 5) is 4.15. The molecule has 3 N–H and O–H groups in total. The summed E-state index contributed by atoms with van der Waals surface area (Å²) in [5.41, 5.74) is 4.77. The fourth-order valence-corrected chi connectivity index (χ4v) is 3.08. The number of rotatable bonds is 4. The summed E-state index contributed by atoms with van der Waals surface area (Å²) in [7, 11) is 1.61. The minimum atomic E-state index is -0.162. The summed E-state index contributed by atoms with van der Waals surface area (Å²) in [6, 6.07) is 7.69. The van der Waals surface area contributed by atoms with Crippen LogP contribution in [0.15, 0.2) is 45.6 Å². The van der Waals surface area contributed by atoms with Gasteiger partial charge in [0, 0.05) is 15.1 Å². The molecule has 1 unspecified atom stereocenters. The smallest absolute Gasteiger partial charge is 0.137 e. The van der Waals surface area contributed by atoms with Crippen LogP contribution in [0.1, 0.15) is 17.2 Å². The zero-order chi connectivity index (χ0) is 13.8. The van der Waals surface area contributed by atoms with Crippen LogP contribution in [-0.2, 0) is 0 Å². The van der Waals surface area contributed by atoms with Gasteiger partial charge in [0.25, 0.3) is 0 Å². The van der Waals surface area contributed by atoms with E-state index in [2.05, 4.69) is 42.3 Å². The number of ether oxygens (including phenoxy) is 1. The molecular formula is C13H13Br2N3O. The Hall–Kier alpha value is -0.950. The van der Waals surface area contributed by atoms with E-state index in [4.69, 9.17) is 10.6 Å². The zero-order valence-corrected chi connectivity index (χ0v) is 13.4. The minimum absolute atomic E-state index is 0.162. The highest BCUT2D eigenvalue weighted by Gasteiger charge is 2.16. The lowest BCUT2D eigenvalue weighted by Gasteiger charge is -2.18. The highest BCUT2D eigenvalue weighted by Crippen LogP contribution is 2.31. The molecule has 0 amide bonds. The molecule has 1 aromatic heterocycles. The van der Waals surface area contributed by atoms with E-state index in [9.17, 15) is 0 Å². The Kier molecular flexibility index (Phi) is 4.93. The summed E-state index contributed by atoms with van der Waals surface area (Å²) in [6.45, 7) is 0. The van der Waals surface area contributed by atoms with E-state index in [0.717, 1.165) is 20.1 Å². The average molecular weight is 387 g/mol. The van der Waals surface area contributed by atoms with Gasteiger partial charge in [0.1, 0.15) is 5.75 Å². The third-order valence-corrected chi connectivity index (χ3v) is 3.92. The van der Waals surface area contributed by atoms with E-state index in [1.807, 2.05) is 24.3 Å². The molecule has 0 spiro atoms. The van der Waals surface area contributed by atoms with Crippen LogP contribution in [-0.4, -0.2) is 12.1 Å². The van der Waals surface area contributed by atoms with Crippen molar-refractivity contribution in [3.8, 4) is 5.75 Å². The number of hydrazine groups is 1. The van der Waals surface area contributed by atoms with Crippen LogP contribution in [0.2, 0.25) is 0 Å². The monoisotopic (exact) mass is 385 g/mol. The molecule has 0 aliphatic carbocycles. The van der Waals surface area contributed by atoms with Crippen LogP contribution >= 0.6 is 31.9 Å². The molecule has 4 nitrogen and oxygen atoms in total. The summed E-state index contributed by atoms with van der Waals surface area (Å²) in [5, 5.41) is 0. The number of nitrogens with zero attached hydrogens (tertiary/aromatic N) is 1. The summed E-state index contributed by atoms with van der Waals surface area (Å²) in [5.74, 6) is 6.38. The largest absolute Gasteiger partial charge is 0.495 e. The molecule has 0 aliphatic heterocycles. The van der Waals surface area contributed by atoms with Crippen molar-refractivity contribution < 1.29 is 4.74 Å². The molecule has 1 aromatic carbocycles. The molecule has 2 aromatic rings. The number of halogens is 2. The Balaban J connectivity index is 2.43. The number of nitrogens with one attached hydrogen (secondary N) is 1. The summed E-state index contributed by atoms with van der Waals surface area (Å²) < 4.78 is 7.15. The van der Waals surface area contributed by atoms with E-state index in [1.165, 1.54) is 0 Å². The third kappa shape index (κ3) is 3.33. The van der Waals surface area contributed by atoms with Crippen molar-refractivity contribution in [3.05, 3.63) is 56.7 Å². The van der Waals surface area contributed by atoms with Gasteiger partial charge >= 0.3 is 0 Å². The first-order valence-corrected chi connectivity index (χ1v) is 7.14. The lowest BCUT2D eigenvalue weighted by Crippen LogP contribution is -2.29. The molecular weight excluding hydrogens is 374 g/mol. The maximum atomic E-state index is 5.68. The van der Waals surface area contributed by atoms with Gasteiger partial charge in [0.2, 0.25) is 0 Å². The molecule has 19 heavy (non-hydrogen) atoms. The number of pyridine rings is 1. The number of nitrogens with two attached hydrogens (primary N) is 1. The molecule has 1 atom stereocenters. The van der Waals surface area contributed by atoms with Gasteiger partial charge in [-0.15, -0.1) is 0 Å². The van der Waals surface area contributed by atoms with E-state index in [-0.39, 0.29) is 6.04 Å². The molecule has 1 heterocycles. The number of benzene rings is 1.